The lowest BCUT2D eigenvalue weighted by Gasteiger charge is -2.10. The lowest BCUT2D eigenvalue weighted by molar-refractivity contribution is 0.559. The molecule has 0 aliphatic carbocycles. The summed E-state index contributed by atoms with van der Waals surface area (Å²) in [5, 5.41) is 2.21. The molecule has 0 radical (unpaired) electrons. The fourth-order valence-electron chi connectivity index (χ4n) is 3.03. The zero-order chi connectivity index (χ0) is 18.5. The number of hydrogen-bond acceptors (Lipinski definition) is 3. The van der Waals surface area contributed by atoms with E-state index in [1.807, 2.05) is 18.7 Å². The maximum atomic E-state index is 4.91. The molecular formula is C22H22N4S. The first-order valence-corrected chi connectivity index (χ1v) is 9.98. The highest BCUT2D eigenvalue weighted by atomic mass is 32.1. The standard InChI is InChI=1S/C22H22N4S/c1-18-8-10-20(11-9-18)24-22-26(14-5-13-25-15-12-23-17-25)21(16-27-22)19-6-3-2-4-7-19/h2-4,6-12,15-17H,5,13-14H2,1H3. The Kier molecular flexibility index (Phi) is 5.30. The second-order valence-corrected chi connectivity index (χ2v) is 7.36. The summed E-state index contributed by atoms with van der Waals surface area (Å²) in [6.07, 6.45) is 6.72. The Morgan fingerprint density at radius 1 is 1.00 bits per heavy atom. The maximum absolute atomic E-state index is 4.91. The molecule has 2 aromatic carbocycles. The van der Waals surface area contributed by atoms with Gasteiger partial charge in [0.2, 0.25) is 0 Å². The van der Waals surface area contributed by atoms with Gasteiger partial charge in [0.15, 0.2) is 4.80 Å². The lowest BCUT2D eigenvalue weighted by atomic mass is 10.2. The summed E-state index contributed by atoms with van der Waals surface area (Å²) in [5.74, 6) is 0. The first kappa shape index (κ1) is 17.5. The molecule has 0 saturated carbocycles. The van der Waals surface area contributed by atoms with Gasteiger partial charge in [0.25, 0.3) is 0 Å². The van der Waals surface area contributed by atoms with Crippen LogP contribution in [0.2, 0.25) is 0 Å². The topological polar surface area (TPSA) is 35.1 Å². The van der Waals surface area contributed by atoms with E-state index in [9.17, 15) is 0 Å². The van der Waals surface area contributed by atoms with Crippen LogP contribution in [0.5, 0.6) is 0 Å². The number of aromatic nitrogens is 3. The van der Waals surface area contributed by atoms with Crippen molar-refractivity contribution in [2.45, 2.75) is 26.4 Å². The second kappa shape index (κ2) is 8.18. The van der Waals surface area contributed by atoms with Crippen molar-refractivity contribution in [2.75, 3.05) is 0 Å². The molecule has 27 heavy (non-hydrogen) atoms. The largest absolute Gasteiger partial charge is 0.337 e. The van der Waals surface area contributed by atoms with Gasteiger partial charge < -0.3 is 9.13 Å². The first-order valence-electron chi connectivity index (χ1n) is 9.10. The Balaban J connectivity index is 1.67. The molecular weight excluding hydrogens is 352 g/mol. The van der Waals surface area contributed by atoms with Crippen molar-refractivity contribution >= 4 is 17.0 Å². The molecule has 5 heteroatoms. The molecule has 0 N–H and O–H groups in total. The van der Waals surface area contributed by atoms with Crippen molar-refractivity contribution in [1.82, 2.24) is 14.1 Å². The van der Waals surface area contributed by atoms with E-state index < -0.39 is 0 Å². The third-order valence-electron chi connectivity index (χ3n) is 4.48. The smallest absolute Gasteiger partial charge is 0.190 e. The molecule has 0 amide bonds. The van der Waals surface area contributed by atoms with Crippen LogP contribution < -0.4 is 4.80 Å². The third kappa shape index (κ3) is 4.26. The van der Waals surface area contributed by atoms with Crippen LogP contribution in [0.15, 0.2) is 83.7 Å². The zero-order valence-electron chi connectivity index (χ0n) is 15.3. The zero-order valence-corrected chi connectivity index (χ0v) is 16.1. The van der Waals surface area contributed by atoms with Gasteiger partial charge in [0.1, 0.15) is 0 Å². The second-order valence-electron chi connectivity index (χ2n) is 6.52. The predicted octanol–water partition coefficient (Wildman–Crippen LogP) is 5.04. The van der Waals surface area contributed by atoms with Crippen LogP contribution in [0.4, 0.5) is 5.69 Å². The van der Waals surface area contributed by atoms with Crippen LogP contribution in [-0.4, -0.2) is 14.1 Å². The van der Waals surface area contributed by atoms with Gasteiger partial charge in [-0.2, -0.15) is 0 Å². The fraction of sp³-hybridized carbons (Fsp3) is 0.182. The number of rotatable bonds is 6. The van der Waals surface area contributed by atoms with Gasteiger partial charge in [-0.15, -0.1) is 11.3 Å². The molecule has 0 atom stereocenters. The molecule has 0 spiro atoms. The Morgan fingerprint density at radius 2 is 1.81 bits per heavy atom. The average Bonchev–Trinajstić information content (AvgIpc) is 3.35. The average molecular weight is 375 g/mol. The number of aryl methyl sites for hydroxylation is 2. The Bertz CT molecular complexity index is 1040. The van der Waals surface area contributed by atoms with Crippen molar-refractivity contribution in [3.05, 3.63) is 89.1 Å². The van der Waals surface area contributed by atoms with Gasteiger partial charge in [-0.1, -0.05) is 48.0 Å². The van der Waals surface area contributed by atoms with E-state index in [-0.39, 0.29) is 0 Å². The maximum Gasteiger partial charge on any atom is 0.190 e. The molecule has 136 valence electrons. The highest BCUT2D eigenvalue weighted by molar-refractivity contribution is 7.07. The normalized spacial score (nSPS) is 11.8. The molecule has 0 aliphatic rings. The van der Waals surface area contributed by atoms with Gasteiger partial charge >= 0.3 is 0 Å². The van der Waals surface area contributed by atoms with Crippen LogP contribution in [0.25, 0.3) is 11.3 Å². The highest BCUT2D eigenvalue weighted by Gasteiger charge is 2.08. The van der Waals surface area contributed by atoms with Crippen LogP contribution in [0, 0.1) is 6.92 Å². The van der Waals surface area contributed by atoms with Crippen molar-refractivity contribution < 1.29 is 0 Å². The monoisotopic (exact) mass is 374 g/mol. The summed E-state index contributed by atoms with van der Waals surface area (Å²) < 4.78 is 4.45. The van der Waals surface area contributed by atoms with Crippen LogP contribution >= 0.6 is 11.3 Å². The van der Waals surface area contributed by atoms with Crippen molar-refractivity contribution in [1.29, 1.82) is 0 Å². The molecule has 2 aromatic heterocycles. The Labute approximate surface area is 163 Å². The van der Waals surface area contributed by atoms with Gasteiger partial charge in [-0.3, -0.25) is 0 Å². The van der Waals surface area contributed by atoms with Crippen LogP contribution in [0.1, 0.15) is 12.0 Å². The summed E-state index contributed by atoms with van der Waals surface area (Å²) in [5.41, 5.74) is 4.68. The number of hydrogen-bond donors (Lipinski definition) is 0. The lowest BCUT2D eigenvalue weighted by Crippen LogP contribution is -2.17. The van der Waals surface area contributed by atoms with E-state index in [0.717, 1.165) is 30.0 Å². The summed E-state index contributed by atoms with van der Waals surface area (Å²) >= 11 is 1.70. The Hall–Kier alpha value is -2.92. The minimum Gasteiger partial charge on any atom is -0.337 e. The van der Waals surface area contributed by atoms with Crippen molar-refractivity contribution in [2.24, 2.45) is 4.99 Å². The SMILES string of the molecule is Cc1ccc(N=c2scc(-c3ccccc3)n2CCCn2ccnc2)cc1. The van der Waals surface area contributed by atoms with Crippen molar-refractivity contribution in [3.8, 4) is 11.3 Å². The molecule has 0 bridgehead atoms. The predicted molar refractivity (Wildman–Crippen MR) is 111 cm³/mol. The van der Waals surface area contributed by atoms with Gasteiger partial charge in [-0.25, -0.2) is 9.98 Å². The van der Waals surface area contributed by atoms with E-state index in [1.165, 1.54) is 16.8 Å². The van der Waals surface area contributed by atoms with E-state index in [2.05, 4.69) is 81.0 Å². The minimum absolute atomic E-state index is 0.913. The van der Waals surface area contributed by atoms with Crippen LogP contribution in [0.3, 0.4) is 0 Å². The van der Waals surface area contributed by atoms with Gasteiger partial charge in [0.05, 0.1) is 17.7 Å². The van der Waals surface area contributed by atoms with E-state index >= 15 is 0 Å². The van der Waals surface area contributed by atoms with E-state index in [4.69, 9.17) is 4.99 Å². The summed E-state index contributed by atoms with van der Waals surface area (Å²) in [4.78, 5) is 10.1. The summed E-state index contributed by atoms with van der Waals surface area (Å²) in [6, 6.07) is 18.9. The molecule has 0 saturated heterocycles. The van der Waals surface area contributed by atoms with Gasteiger partial charge in [-0.05, 0) is 31.0 Å². The summed E-state index contributed by atoms with van der Waals surface area (Å²) in [6.45, 7) is 3.95. The van der Waals surface area contributed by atoms with Gasteiger partial charge in [0, 0.05) is 30.9 Å². The van der Waals surface area contributed by atoms with Crippen molar-refractivity contribution in [3.63, 3.8) is 0 Å². The third-order valence-corrected chi connectivity index (χ3v) is 5.35. The molecule has 4 rings (SSSR count). The van der Waals surface area contributed by atoms with Crippen LogP contribution in [-0.2, 0) is 13.1 Å². The Morgan fingerprint density at radius 3 is 2.56 bits per heavy atom. The number of benzene rings is 2. The molecule has 4 aromatic rings. The fourth-order valence-corrected chi connectivity index (χ4v) is 3.99. The highest BCUT2D eigenvalue weighted by Crippen LogP contribution is 2.21. The molecule has 2 heterocycles. The molecule has 4 nitrogen and oxygen atoms in total. The molecule has 0 unspecified atom stereocenters. The van der Waals surface area contributed by atoms with E-state index in [1.54, 1.807) is 11.3 Å². The number of imidazole rings is 1. The molecule has 0 fully saturated rings. The quantitative estimate of drug-likeness (QED) is 0.465. The summed E-state index contributed by atoms with van der Waals surface area (Å²) in [7, 11) is 0. The number of thiazole rings is 1. The molecule has 0 aliphatic heterocycles. The number of nitrogens with zero attached hydrogens (tertiary/aromatic N) is 4. The minimum atomic E-state index is 0.913. The van der Waals surface area contributed by atoms with E-state index in [0.29, 0.717) is 0 Å². The first-order chi connectivity index (χ1) is 13.3.